The minimum absolute atomic E-state index is 0.0947. The number of carbonyl (C=O) groups is 1. The van der Waals surface area contributed by atoms with Crippen LogP contribution in [0.1, 0.15) is 12.5 Å². The lowest BCUT2D eigenvalue weighted by atomic mass is 10.2. The van der Waals surface area contributed by atoms with Gasteiger partial charge in [0.1, 0.15) is 6.04 Å². The average molecular weight is 239 g/mol. The highest BCUT2D eigenvalue weighted by atomic mass is 16.5. The van der Waals surface area contributed by atoms with Crippen molar-refractivity contribution < 1.29 is 19.4 Å². The second-order valence-corrected chi connectivity index (χ2v) is 3.63. The van der Waals surface area contributed by atoms with Gasteiger partial charge in [-0.1, -0.05) is 6.07 Å². The first-order valence-electron chi connectivity index (χ1n) is 5.25. The van der Waals surface area contributed by atoms with Gasteiger partial charge < -0.3 is 19.9 Å². The molecule has 0 radical (unpaired) electrons. The predicted molar refractivity (Wildman–Crippen MR) is 63.0 cm³/mol. The van der Waals surface area contributed by atoms with Crippen LogP contribution in [0.4, 0.5) is 0 Å². The van der Waals surface area contributed by atoms with Gasteiger partial charge in [-0.2, -0.15) is 0 Å². The van der Waals surface area contributed by atoms with E-state index in [1.165, 1.54) is 14.2 Å². The summed E-state index contributed by atoms with van der Waals surface area (Å²) < 4.78 is 9.59. The lowest BCUT2D eigenvalue weighted by Crippen LogP contribution is -2.34. The molecule has 2 N–H and O–H groups in total. The maximum absolute atomic E-state index is 11.2. The summed E-state index contributed by atoms with van der Waals surface area (Å²) in [6, 6.07) is 4.65. The molecule has 0 saturated heterocycles. The summed E-state index contributed by atoms with van der Waals surface area (Å²) in [5.74, 6) is 0.197. The first kappa shape index (κ1) is 13.3. The van der Waals surface area contributed by atoms with Crippen molar-refractivity contribution in [2.75, 3.05) is 14.2 Å². The van der Waals surface area contributed by atoms with E-state index in [1.807, 2.05) is 0 Å². The van der Waals surface area contributed by atoms with Crippen molar-refractivity contribution in [2.24, 2.45) is 0 Å². The number of ether oxygens (including phenoxy) is 2. The molecular formula is C12H17NO4. The first-order chi connectivity index (χ1) is 8.08. The smallest absolute Gasteiger partial charge is 0.322 e. The van der Waals surface area contributed by atoms with E-state index in [0.29, 0.717) is 12.3 Å². The molecule has 5 heteroatoms. The summed E-state index contributed by atoms with van der Waals surface area (Å²) in [6.45, 7) is 2.22. The Morgan fingerprint density at radius 3 is 2.76 bits per heavy atom. The van der Waals surface area contributed by atoms with Crippen molar-refractivity contribution in [3.63, 3.8) is 0 Å². The highest BCUT2D eigenvalue weighted by Crippen LogP contribution is 2.26. The zero-order chi connectivity index (χ0) is 12.8. The largest absolute Gasteiger partial charge is 0.504 e. The van der Waals surface area contributed by atoms with Crippen LogP contribution >= 0.6 is 0 Å². The topological polar surface area (TPSA) is 67.8 Å². The van der Waals surface area contributed by atoms with Crippen molar-refractivity contribution in [1.29, 1.82) is 0 Å². The Hall–Kier alpha value is -1.75. The third-order valence-corrected chi connectivity index (χ3v) is 2.41. The molecule has 0 saturated carbocycles. The number of hydrogen-bond donors (Lipinski definition) is 2. The number of esters is 1. The van der Waals surface area contributed by atoms with E-state index in [-0.39, 0.29) is 17.8 Å². The number of carbonyl (C=O) groups excluding carboxylic acids is 1. The molecule has 94 valence electrons. The minimum Gasteiger partial charge on any atom is -0.504 e. The van der Waals surface area contributed by atoms with Gasteiger partial charge in [0.25, 0.3) is 0 Å². The SMILES string of the molecule is COC(=O)[C@H](C)NCc1ccc(O)c(OC)c1. The van der Waals surface area contributed by atoms with Gasteiger partial charge >= 0.3 is 5.97 Å². The van der Waals surface area contributed by atoms with E-state index in [9.17, 15) is 9.90 Å². The number of rotatable bonds is 5. The molecule has 0 aliphatic rings. The second kappa shape index (κ2) is 6.10. The standard InChI is InChI=1S/C12H17NO4/c1-8(12(15)17-3)13-7-9-4-5-10(14)11(6-9)16-2/h4-6,8,13-14H,7H2,1-3H3/t8-/m0/s1. The Kier molecular flexibility index (Phi) is 4.78. The molecule has 5 nitrogen and oxygen atoms in total. The van der Waals surface area contributed by atoms with Gasteiger partial charge in [0.15, 0.2) is 11.5 Å². The second-order valence-electron chi connectivity index (χ2n) is 3.63. The van der Waals surface area contributed by atoms with Crippen LogP contribution in [0.2, 0.25) is 0 Å². The molecule has 1 rings (SSSR count). The van der Waals surface area contributed by atoms with Gasteiger partial charge in [-0.3, -0.25) is 4.79 Å². The number of aromatic hydroxyl groups is 1. The minimum atomic E-state index is -0.375. The highest BCUT2D eigenvalue weighted by molar-refractivity contribution is 5.75. The Bertz CT molecular complexity index is 392. The van der Waals surface area contributed by atoms with Crippen LogP contribution in [-0.2, 0) is 16.1 Å². The highest BCUT2D eigenvalue weighted by Gasteiger charge is 2.12. The Balaban J connectivity index is 2.60. The molecule has 0 unspecified atom stereocenters. The fourth-order valence-electron chi connectivity index (χ4n) is 1.36. The van der Waals surface area contributed by atoms with Crippen molar-refractivity contribution in [2.45, 2.75) is 19.5 Å². The fraction of sp³-hybridized carbons (Fsp3) is 0.417. The third-order valence-electron chi connectivity index (χ3n) is 2.41. The van der Waals surface area contributed by atoms with E-state index >= 15 is 0 Å². The maximum atomic E-state index is 11.2. The number of methoxy groups -OCH3 is 2. The van der Waals surface area contributed by atoms with E-state index in [2.05, 4.69) is 10.1 Å². The van der Waals surface area contributed by atoms with Gasteiger partial charge in [0.2, 0.25) is 0 Å². The molecule has 1 aromatic rings. The van der Waals surface area contributed by atoms with Crippen molar-refractivity contribution in [3.8, 4) is 11.5 Å². The van der Waals surface area contributed by atoms with E-state index in [4.69, 9.17) is 4.74 Å². The van der Waals surface area contributed by atoms with Crippen molar-refractivity contribution in [1.82, 2.24) is 5.32 Å². The van der Waals surface area contributed by atoms with Crippen molar-refractivity contribution in [3.05, 3.63) is 23.8 Å². The molecular weight excluding hydrogens is 222 g/mol. The average Bonchev–Trinajstić information content (AvgIpc) is 2.36. The van der Waals surface area contributed by atoms with Crippen LogP contribution in [0.15, 0.2) is 18.2 Å². The van der Waals surface area contributed by atoms with Gasteiger partial charge in [-0.05, 0) is 24.6 Å². The number of hydrogen-bond acceptors (Lipinski definition) is 5. The molecule has 0 spiro atoms. The summed E-state index contributed by atoms with van der Waals surface area (Å²) in [7, 11) is 2.84. The monoisotopic (exact) mass is 239 g/mol. The normalized spacial score (nSPS) is 11.9. The van der Waals surface area contributed by atoms with Crippen LogP contribution in [0.25, 0.3) is 0 Å². The van der Waals surface area contributed by atoms with Crippen LogP contribution in [0.3, 0.4) is 0 Å². The zero-order valence-electron chi connectivity index (χ0n) is 10.2. The quantitative estimate of drug-likeness (QED) is 0.752. The fourth-order valence-corrected chi connectivity index (χ4v) is 1.36. The predicted octanol–water partition coefficient (Wildman–Crippen LogP) is 1.05. The number of phenolic OH excluding ortho intramolecular Hbond substituents is 1. The van der Waals surface area contributed by atoms with Crippen LogP contribution < -0.4 is 10.1 Å². The number of nitrogens with one attached hydrogen (secondary N) is 1. The molecule has 0 aliphatic carbocycles. The van der Waals surface area contributed by atoms with Crippen LogP contribution in [-0.4, -0.2) is 31.3 Å². The van der Waals surface area contributed by atoms with E-state index in [1.54, 1.807) is 25.1 Å². The van der Waals surface area contributed by atoms with E-state index in [0.717, 1.165) is 5.56 Å². The van der Waals surface area contributed by atoms with Crippen LogP contribution in [0, 0.1) is 0 Å². The molecule has 0 bridgehead atoms. The van der Waals surface area contributed by atoms with Gasteiger partial charge in [0, 0.05) is 6.54 Å². The Labute approximate surface area is 100 Å². The van der Waals surface area contributed by atoms with Gasteiger partial charge in [-0.15, -0.1) is 0 Å². The number of benzene rings is 1. The summed E-state index contributed by atoms with van der Waals surface area (Å²) in [5.41, 5.74) is 0.912. The molecule has 0 heterocycles. The Morgan fingerprint density at radius 1 is 1.47 bits per heavy atom. The summed E-state index contributed by atoms with van der Waals surface area (Å²) in [5, 5.41) is 12.4. The molecule has 1 aromatic carbocycles. The van der Waals surface area contributed by atoms with E-state index < -0.39 is 0 Å². The Morgan fingerprint density at radius 2 is 2.18 bits per heavy atom. The van der Waals surface area contributed by atoms with Crippen LogP contribution in [0.5, 0.6) is 11.5 Å². The molecule has 1 atom stereocenters. The zero-order valence-corrected chi connectivity index (χ0v) is 10.2. The maximum Gasteiger partial charge on any atom is 0.322 e. The summed E-state index contributed by atoms with van der Waals surface area (Å²) in [4.78, 5) is 11.2. The lowest BCUT2D eigenvalue weighted by Gasteiger charge is -2.12. The molecule has 0 amide bonds. The summed E-state index contributed by atoms with van der Waals surface area (Å²) in [6.07, 6.45) is 0. The molecule has 0 aliphatic heterocycles. The lowest BCUT2D eigenvalue weighted by molar-refractivity contribution is -0.142. The van der Waals surface area contributed by atoms with Gasteiger partial charge in [-0.25, -0.2) is 0 Å². The molecule has 0 aromatic heterocycles. The first-order valence-corrected chi connectivity index (χ1v) is 5.25. The van der Waals surface area contributed by atoms with Crippen molar-refractivity contribution >= 4 is 5.97 Å². The summed E-state index contributed by atoms with van der Waals surface area (Å²) >= 11 is 0. The van der Waals surface area contributed by atoms with Gasteiger partial charge in [0.05, 0.1) is 14.2 Å². The third kappa shape index (κ3) is 3.64. The molecule has 17 heavy (non-hydrogen) atoms. The number of phenols is 1. The molecule has 0 fully saturated rings.